The van der Waals surface area contributed by atoms with Gasteiger partial charge in [0.2, 0.25) is 5.91 Å². The molecule has 1 N–H and O–H groups in total. The van der Waals surface area contributed by atoms with Crippen LogP contribution in [0.3, 0.4) is 0 Å². The van der Waals surface area contributed by atoms with Gasteiger partial charge in [-0.25, -0.2) is 0 Å². The largest absolute Gasteiger partial charge is 0.472 e. The molecule has 1 atom stereocenters. The van der Waals surface area contributed by atoms with Crippen molar-refractivity contribution in [2.75, 3.05) is 19.6 Å². The number of rotatable bonds is 4. The number of amides is 1. The Morgan fingerprint density at radius 2 is 2.20 bits per heavy atom. The molecule has 2 heterocycles. The molecular formula is C18H15Cl2N2O3. The topological polar surface area (TPSA) is 62.6 Å². The summed E-state index contributed by atoms with van der Waals surface area (Å²) in [5.41, 5.74) is 1.07. The van der Waals surface area contributed by atoms with E-state index in [2.05, 4.69) is 11.4 Å². The molecule has 1 saturated heterocycles. The second-order valence-electron chi connectivity index (χ2n) is 5.52. The molecule has 1 radical (unpaired) electrons. The quantitative estimate of drug-likeness (QED) is 0.656. The van der Waals surface area contributed by atoms with Gasteiger partial charge < -0.3 is 14.6 Å². The van der Waals surface area contributed by atoms with Crippen molar-refractivity contribution in [3.05, 3.63) is 64.0 Å². The number of benzene rings is 1. The van der Waals surface area contributed by atoms with Crippen LogP contribution < -0.4 is 5.32 Å². The van der Waals surface area contributed by atoms with Crippen LogP contribution in [0.5, 0.6) is 0 Å². The van der Waals surface area contributed by atoms with Crippen LogP contribution in [0.4, 0.5) is 0 Å². The van der Waals surface area contributed by atoms with Crippen molar-refractivity contribution in [2.24, 2.45) is 0 Å². The minimum atomic E-state index is -0.577. The Bertz CT molecular complexity index is 803. The molecule has 0 saturated carbocycles. The Balaban J connectivity index is 1.78. The van der Waals surface area contributed by atoms with Crippen LogP contribution >= 0.6 is 23.2 Å². The SMILES string of the molecule is O=C(c1ccoc1)C1CNCCN1C(=O)/C=C/c1cc[c]c(Cl)c1Cl. The lowest BCUT2D eigenvalue weighted by Gasteiger charge is -2.34. The van der Waals surface area contributed by atoms with Gasteiger partial charge in [0.05, 0.1) is 21.9 Å². The Labute approximate surface area is 155 Å². The number of nitrogens with zero attached hydrogens (tertiary/aromatic N) is 1. The minimum Gasteiger partial charge on any atom is -0.472 e. The summed E-state index contributed by atoms with van der Waals surface area (Å²) in [6.45, 7) is 1.46. The van der Waals surface area contributed by atoms with E-state index in [1.165, 1.54) is 18.6 Å². The first kappa shape index (κ1) is 17.7. The molecule has 2 aromatic rings. The third-order valence-corrected chi connectivity index (χ3v) is 4.76. The molecule has 1 aliphatic rings. The summed E-state index contributed by atoms with van der Waals surface area (Å²) in [5, 5.41) is 3.77. The van der Waals surface area contributed by atoms with Gasteiger partial charge in [-0.3, -0.25) is 9.59 Å². The fraction of sp³-hybridized carbons (Fsp3) is 0.222. The van der Waals surface area contributed by atoms with E-state index in [-0.39, 0.29) is 11.7 Å². The van der Waals surface area contributed by atoms with E-state index in [0.29, 0.717) is 40.8 Å². The lowest BCUT2D eigenvalue weighted by Crippen LogP contribution is -2.56. The van der Waals surface area contributed by atoms with Crippen LogP contribution in [0.2, 0.25) is 10.0 Å². The van der Waals surface area contributed by atoms with Crippen molar-refractivity contribution in [2.45, 2.75) is 6.04 Å². The standard InChI is InChI=1S/C18H15Cl2N2O3/c19-14-3-1-2-12(17(14)20)4-5-16(23)22-8-7-21-10-15(22)18(24)13-6-9-25-11-13/h1-2,4-6,9,11,15,21H,7-8,10H2/b5-4+. The van der Waals surface area contributed by atoms with Crippen molar-refractivity contribution in [3.63, 3.8) is 0 Å². The smallest absolute Gasteiger partial charge is 0.247 e. The first-order valence-electron chi connectivity index (χ1n) is 7.69. The molecule has 1 amide bonds. The molecule has 25 heavy (non-hydrogen) atoms. The summed E-state index contributed by atoms with van der Waals surface area (Å²) in [6, 6.07) is 7.13. The maximum Gasteiger partial charge on any atom is 0.247 e. The van der Waals surface area contributed by atoms with E-state index in [1.807, 2.05) is 0 Å². The number of nitrogens with one attached hydrogen (secondary N) is 1. The lowest BCUT2D eigenvalue weighted by atomic mass is 10.0. The van der Waals surface area contributed by atoms with Gasteiger partial charge in [0.1, 0.15) is 12.3 Å². The Kier molecular flexibility index (Phi) is 5.58. The summed E-state index contributed by atoms with van der Waals surface area (Å²) >= 11 is 12.0. The molecule has 1 aromatic carbocycles. The van der Waals surface area contributed by atoms with Gasteiger partial charge in [-0.15, -0.1) is 0 Å². The molecule has 1 unspecified atom stereocenters. The number of carbonyl (C=O) groups excluding carboxylic acids is 2. The van der Waals surface area contributed by atoms with Gasteiger partial charge >= 0.3 is 0 Å². The van der Waals surface area contributed by atoms with Crippen molar-refractivity contribution < 1.29 is 14.0 Å². The first-order chi connectivity index (χ1) is 12.1. The van der Waals surface area contributed by atoms with Gasteiger partial charge in [-0.05, 0) is 17.7 Å². The molecule has 3 rings (SSSR count). The third kappa shape index (κ3) is 3.95. The fourth-order valence-corrected chi connectivity index (χ4v) is 3.01. The Morgan fingerprint density at radius 1 is 1.36 bits per heavy atom. The molecule has 0 bridgehead atoms. The zero-order valence-corrected chi connectivity index (χ0v) is 14.7. The van der Waals surface area contributed by atoms with Crippen molar-refractivity contribution in [1.82, 2.24) is 10.2 Å². The number of hydrogen-bond acceptors (Lipinski definition) is 4. The Morgan fingerprint density at radius 3 is 2.96 bits per heavy atom. The maximum absolute atomic E-state index is 12.6. The zero-order valence-electron chi connectivity index (χ0n) is 13.2. The molecule has 1 aliphatic heterocycles. The average Bonchev–Trinajstić information content (AvgIpc) is 3.17. The molecule has 7 heteroatoms. The number of furan rings is 1. The highest BCUT2D eigenvalue weighted by Crippen LogP contribution is 2.26. The van der Waals surface area contributed by atoms with Crippen LogP contribution in [0.15, 0.2) is 41.2 Å². The van der Waals surface area contributed by atoms with Crippen LogP contribution in [0.1, 0.15) is 15.9 Å². The second-order valence-corrected chi connectivity index (χ2v) is 6.28. The number of hydrogen-bond donors (Lipinski definition) is 1. The fourth-order valence-electron chi connectivity index (χ4n) is 2.65. The van der Waals surface area contributed by atoms with Gasteiger partial charge in [-0.1, -0.05) is 35.3 Å². The van der Waals surface area contributed by atoms with Crippen LogP contribution in [0.25, 0.3) is 6.08 Å². The van der Waals surface area contributed by atoms with E-state index in [4.69, 9.17) is 27.6 Å². The number of halogens is 2. The first-order valence-corrected chi connectivity index (χ1v) is 8.45. The summed E-state index contributed by atoms with van der Waals surface area (Å²) in [6.07, 6.45) is 5.82. The molecule has 0 aliphatic carbocycles. The van der Waals surface area contributed by atoms with E-state index < -0.39 is 6.04 Å². The maximum atomic E-state index is 12.6. The van der Waals surface area contributed by atoms with Crippen molar-refractivity contribution in [1.29, 1.82) is 0 Å². The highest BCUT2D eigenvalue weighted by molar-refractivity contribution is 6.42. The summed E-state index contributed by atoms with van der Waals surface area (Å²) in [5.74, 6) is -0.415. The molecule has 1 fully saturated rings. The van der Waals surface area contributed by atoms with E-state index in [1.54, 1.807) is 29.2 Å². The summed E-state index contributed by atoms with van der Waals surface area (Å²) in [4.78, 5) is 26.7. The van der Waals surface area contributed by atoms with Gasteiger partial charge in [0, 0.05) is 31.8 Å². The highest BCUT2D eigenvalue weighted by Gasteiger charge is 2.32. The number of ketones is 1. The third-order valence-electron chi connectivity index (χ3n) is 3.96. The zero-order chi connectivity index (χ0) is 17.8. The van der Waals surface area contributed by atoms with E-state index in [9.17, 15) is 9.59 Å². The highest BCUT2D eigenvalue weighted by atomic mass is 35.5. The normalized spacial score (nSPS) is 17.8. The molecule has 0 spiro atoms. The van der Waals surface area contributed by atoms with E-state index in [0.717, 1.165) is 0 Å². The van der Waals surface area contributed by atoms with Crippen molar-refractivity contribution >= 4 is 41.0 Å². The van der Waals surface area contributed by atoms with Gasteiger partial charge in [-0.2, -0.15) is 0 Å². The monoisotopic (exact) mass is 377 g/mol. The van der Waals surface area contributed by atoms with Crippen molar-refractivity contribution in [3.8, 4) is 0 Å². The van der Waals surface area contributed by atoms with E-state index >= 15 is 0 Å². The second kappa shape index (κ2) is 7.87. The Hall–Kier alpha value is -2.08. The number of piperazine rings is 1. The summed E-state index contributed by atoms with van der Waals surface area (Å²) in [7, 11) is 0. The van der Waals surface area contributed by atoms with Gasteiger partial charge in [0.15, 0.2) is 5.78 Å². The lowest BCUT2D eigenvalue weighted by molar-refractivity contribution is -0.128. The predicted molar refractivity (Wildman–Crippen MR) is 95.7 cm³/mol. The molecule has 129 valence electrons. The number of carbonyl (C=O) groups is 2. The predicted octanol–water partition coefficient (Wildman–Crippen LogP) is 3.08. The average molecular weight is 378 g/mol. The molecular weight excluding hydrogens is 363 g/mol. The summed E-state index contributed by atoms with van der Waals surface area (Å²) < 4.78 is 4.96. The van der Waals surface area contributed by atoms with Crippen LogP contribution in [-0.4, -0.2) is 42.3 Å². The minimum absolute atomic E-state index is 0.155. The number of Topliss-reactive ketones (excluding diaryl/α,β-unsaturated/α-hetero) is 1. The molecule has 5 nitrogen and oxygen atoms in total. The van der Waals surface area contributed by atoms with Crippen LogP contribution in [0, 0.1) is 6.07 Å². The van der Waals surface area contributed by atoms with Crippen LogP contribution in [-0.2, 0) is 4.79 Å². The molecule has 1 aromatic heterocycles. The van der Waals surface area contributed by atoms with Gasteiger partial charge in [0.25, 0.3) is 0 Å².